The fourth-order valence-electron chi connectivity index (χ4n) is 0.486. The first kappa shape index (κ1) is 3.72. The molecule has 0 aliphatic carbocycles. The third kappa shape index (κ3) is 0.402. The Kier molecular flexibility index (Phi) is 0.825. The van der Waals surface area contributed by atoms with Gasteiger partial charge >= 0.3 is 0 Å². The lowest BCUT2D eigenvalue weighted by molar-refractivity contribution is 0.622. The number of hydrogen-bond donors (Lipinski definition) is 1. The zero-order valence-electron chi connectivity index (χ0n) is 3.94. The highest BCUT2D eigenvalue weighted by Gasteiger charge is 2.02. The Morgan fingerprint density at radius 3 is 2.50 bits per heavy atom. The van der Waals surface area contributed by atoms with Crippen molar-refractivity contribution in [1.29, 1.82) is 0 Å². The Bertz CT molecular complexity index is 66.3. The number of nitrogens with one attached hydrogen (secondary N) is 1. The molecule has 0 aromatic carbocycles. The maximum Gasteiger partial charge on any atom is 0.0453 e. The fraction of sp³-hybridized carbons (Fsp3) is 0.600. The van der Waals surface area contributed by atoms with Gasteiger partial charge in [-0.1, -0.05) is 6.92 Å². The molecule has 1 aliphatic rings. The van der Waals surface area contributed by atoms with Crippen LogP contribution < -0.4 is 5.32 Å². The van der Waals surface area contributed by atoms with Crippen LogP contribution in [-0.2, 0) is 0 Å². The molecule has 1 heterocycles. The molecule has 6 heavy (non-hydrogen) atoms. The van der Waals surface area contributed by atoms with E-state index in [4.69, 9.17) is 0 Å². The molecule has 1 rings (SSSR count). The van der Waals surface area contributed by atoms with Crippen molar-refractivity contribution in [3.8, 4) is 0 Å². The van der Waals surface area contributed by atoms with Crippen LogP contribution in [0.25, 0.3) is 0 Å². The third-order valence-electron chi connectivity index (χ3n) is 1.08. The van der Waals surface area contributed by atoms with Crippen molar-refractivity contribution in [2.45, 2.75) is 19.4 Å². The third-order valence-corrected chi connectivity index (χ3v) is 1.08. The van der Waals surface area contributed by atoms with E-state index in [1.165, 1.54) is 6.42 Å². The van der Waals surface area contributed by atoms with E-state index in [0.717, 1.165) is 0 Å². The second-order valence-electron chi connectivity index (χ2n) is 1.54. The van der Waals surface area contributed by atoms with E-state index in [0.29, 0.717) is 6.04 Å². The highest BCUT2D eigenvalue weighted by molar-refractivity contribution is 5.03. The van der Waals surface area contributed by atoms with E-state index in [-0.39, 0.29) is 0 Å². The van der Waals surface area contributed by atoms with Gasteiger partial charge in [-0.05, 0) is 18.7 Å². The molecule has 0 fully saturated rings. The van der Waals surface area contributed by atoms with Crippen molar-refractivity contribution >= 4 is 0 Å². The Labute approximate surface area is 38.1 Å². The van der Waals surface area contributed by atoms with Gasteiger partial charge in [-0.15, -0.1) is 0 Å². The lowest BCUT2D eigenvalue weighted by Gasteiger charge is -2.17. The normalized spacial score (nSPS) is 28.5. The molecule has 34 valence electrons. The number of hydrogen-bond acceptors (Lipinski definition) is 1. The lowest BCUT2D eigenvalue weighted by Crippen LogP contribution is -2.28. The molecule has 1 N–H and O–H groups in total. The summed E-state index contributed by atoms with van der Waals surface area (Å²) in [6, 6.07) is 0.685. The zero-order valence-corrected chi connectivity index (χ0v) is 3.94. The van der Waals surface area contributed by atoms with E-state index in [9.17, 15) is 0 Å². The fourth-order valence-corrected chi connectivity index (χ4v) is 0.486. The summed E-state index contributed by atoms with van der Waals surface area (Å²) in [5.41, 5.74) is 0. The predicted molar refractivity (Wildman–Crippen MR) is 26.4 cm³/mol. The highest BCUT2D eigenvalue weighted by atomic mass is 14.9. The van der Waals surface area contributed by atoms with Crippen molar-refractivity contribution in [1.82, 2.24) is 5.32 Å². The van der Waals surface area contributed by atoms with Gasteiger partial charge in [-0.3, -0.25) is 0 Å². The van der Waals surface area contributed by atoms with Crippen LogP contribution in [0.5, 0.6) is 0 Å². The summed E-state index contributed by atoms with van der Waals surface area (Å²) >= 11 is 0. The van der Waals surface area contributed by atoms with Crippen LogP contribution in [0.15, 0.2) is 12.3 Å². The molecule has 1 nitrogen and oxygen atoms in total. The Balaban J connectivity index is 2.21. The van der Waals surface area contributed by atoms with Crippen LogP contribution in [0.4, 0.5) is 0 Å². The van der Waals surface area contributed by atoms with Gasteiger partial charge in [-0.25, -0.2) is 0 Å². The number of rotatable bonds is 1. The minimum atomic E-state index is 0.685. The topological polar surface area (TPSA) is 12.0 Å². The van der Waals surface area contributed by atoms with E-state index in [2.05, 4.69) is 18.3 Å². The summed E-state index contributed by atoms with van der Waals surface area (Å²) in [6.07, 6.45) is 5.37. The first-order valence-electron chi connectivity index (χ1n) is 2.36. The van der Waals surface area contributed by atoms with E-state index >= 15 is 0 Å². The second-order valence-corrected chi connectivity index (χ2v) is 1.54. The molecule has 1 atom stereocenters. The Morgan fingerprint density at radius 1 is 1.83 bits per heavy atom. The van der Waals surface area contributed by atoms with E-state index in [1.807, 2.05) is 6.20 Å². The van der Waals surface area contributed by atoms with Crippen LogP contribution in [0.2, 0.25) is 0 Å². The molecule has 0 radical (unpaired) electrons. The first-order chi connectivity index (χ1) is 2.93. The Hall–Kier alpha value is -0.460. The SMILES string of the molecule is CCC1C=CN1. The van der Waals surface area contributed by atoms with Gasteiger partial charge in [0.1, 0.15) is 0 Å². The Morgan fingerprint density at radius 2 is 2.50 bits per heavy atom. The molecule has 0 amide bonds. The van der Waals surface area contributed by atoms with Crippen molar-refractivity contribution in [2.24, 2.45) is 0 Å². The average Bonchev–Trinajstić information content (AvgIpc) is 1.31. The van der Waals surface area contributed by atoms with Crippen molar-refractivity contribution in [3.63, 3.8) is 0 Å². The smallest absolute Gasteiger partial charge is 0.0453 e. The van der Waals surface area contributed by atoms with Gasteiger partial charge in [0, 0.05) is 6.04 Å². The molecule has 1 heteroatoms. The molecule has 1 unspecified atom stereocenters. The van der Waals surface area contributed by atoms with Crippen LogP contribution in [0, 0.1) is 0 Å². The van der Waals surface area contributed by atoms with Crippen molar-refractivity contribution < 1.29 is 0 Å². The summed E-state index contributed by atoms with van der Waals surface area (Å²) in [5.74, 6) is 0. The van der Waals surface area contributed by atoms with Crippen molar-refractivity contribution in [2.75, 3.05) is 0 Å². The average molecular weight is 83.1 g/mol. The molecule has 1 aliphatic heterocycles. The summed E-state index contributed by atoms with van der Waals surface area (Å²) in [4.78, 5) is 0. The maximum atomic E-state index is 3.11. The van der Waals surface area contributed by atoms with Gasteiger partial charge in [-0.2, -0.15) is 0 Å². The lowest BCUT2D eigenvalue weighted by atomic mass is 10.2. The summed E-state index contributed by atoms with van der Waals surface area (Å²) in [7, 11) is 0. The summed E-state index contributed by atoms with van der Waals surface area (Å²) in [5, 5.41) is 3.11. The molecule has 0 spiro atoms. The molecule has 0 bridgehead atoms. The van der Waals surface area contributed by atoms with Gasteiger partial charge in [0.05, 0.1) is 0 Å². The largest absolute Gasteiger partial charge is 0.385 e. The van der Waals surface area contributed by atoms with E-state index < -0.39 is 0 Å². The van der Waals surface area contributed by atoms with Gasteiger partial charge < -0.3 is 5.32 Å². The standard InChI is InChI=1S/C5H9N/c1-2-5-3-4-6-5/h3-6H,2H2,1H3. The first-order valence-corrected chi connectivity index (χ1v) is 2.36. The molecule has 0 aromatic heterocycles. The van der Waals surface area contributed by atoms with Crippen LogP contribution >= 0.6 is 0 Å². The van der Waals surface area contributed by atoms with Crippen LogP contribution in [-0.4, -0.2) is 6.04 Å². The summed E-state index contributed by atoms with van der Waals surface area (Å²) < 4.78 is 0. The van der Waals surface area contributed by atoms with Crippen molar-refractivity contribution in [3.05, 3.63) is 12.3 Å². The van der Waals surface area contributed by atoms with Gasteiger partial charge in [0.25, 0.3) is 0 Å². The zero-order chi connectivity index (χ0) is 4.41. The van der Waals surface area contributed by atoms with E-state index in [1.54, 1.807) is 0 Å². The van der Waals surface area contributed by atoms with Crippen LogP contribution in [0.3, 0.4) is 0 Å². The maximum absolute atomic E-state index is 3.11. The molecular weight excluding hydrogens is 74.1 g/mol. The molecule has 0 saturated heterocycles. The summed E-state index contributed by atoms with van der Waals surface area (Å²) in [6.45, 7) is 2.17. The second kappa shape index (κ2) is 1.33. The molecular formula is C5H9N. The van der Waals surface area contributed by atoms with Gasteiger partial charge in [0.2, 0.25) is 0 Å². The monoisotopic (exact) mass is 83.1 g/mol. The minimum absolute atomic E-state index is 0.685. The molecule has 0 aromatic rings. The minimum Gasteiger partial charge on any atom is -0.385 e. The van der Waals surface area contributed by atoms with Gasteiger partial charge in [0.15, 0.2) is 0 Å². The van der Waals surface area contributed by atoms with Crippen LogP contribution in [0.1, 0.15) is 13.3 Å². The highest BCUT2D eigenvalue weighted by Crippen LogP contribution is 1.98. The predicted octanol–water partition coefficient (Wildman–Crippen LogP) is 0.882. The quantitative estimate of drug-likeness (QED) is 0.496. The molecule has 0 saturated carbocycles.